The molecule has 3 nitrogen and oxygen atoms in total. The Morgan fingerprint density at radius 1 is 0.778 bits per heavy atom. The van der Waals surface area contributed by atoms with Crippen molar-refractivity contribution in [2.24, 2.45) is 5.18 Å². The fraction of sp³-hybridized carbons (Fsp3) is 0.0435. The van der Waals surface area contributed by atoms with Gasteiger partial charge in [-0.15, -0.1) is 4.91 Å². The molecule has 0 aliphatic heterocycles. The molecule has 4 aromatic rings. The van der Waals surface area contributed by atoms with Gasteiger partial charge in [-0.05, 0) is 44.8 Å². The van der Waals surface area contributed by atoms with E-state index in [1.54, 1.807) is 12.1 Å². The summed E-state index contributed by atoms with van der Waals surface area (Å²) in [5, 5.41) is 5.95. The second kappa shape index (κ2) is 7.22. The van der Waals surface area contributed by atoms with Crippen LogP contribution in [0.5, 0.6) is 5.75 Å². The maximum absolute atomic E-state index is 11.6. The predicted octanol–water partition coefficient (Wildman–Crippen LogP) is 7.23. The van der Waals surface area contributed by atoms with Gasteiger partial charge in [0.1, 0.15) is 5.75 Å². The number of halogens is 1. The zero-order chi connectivity index (χ0) is 18.8. The van der Waals surface area contributed by atoms with Crippen LogP contribution in [-0.2, 0) is 0 Å². The van der Waals surface area contributed by atoms with Crippen LogP contribution in [0.15, 0.2) is 84.0 Å². The summed E-state index contributed by atoms with van der Waals surface area (Å²) in [6.45, 7) is 0. The van der Waals surface area contributed by atoms with E-state index in [2.05, 4.69) is 29.4 Å². The number of benzene rings is 4. The first kappa shape index (κ1) is 17.3. The summed E-state index contributed by atoms with van der Waals surface area (Å²) in [4.78, 5) is 11.6. The van der Waals surface area contributed by atoms with Crippen LogP contribution in [0.2, 0.25) is 5.02 Å². The Labute approximate surface area is 162 Å². The standard InChI is InChI=1S/C23H16ClNO2/c1-27-21-14-13-20(24)22(23(21)25-26)19-11-5-4-10-18(19)17-12-6-8-15-7-2-3-9-16(15)17/h2-14H,1H3. The summed E-state index contributed by atoms with van der Waals surface area (Å²) >= 11 is 6.49. The van der Waals surface area contributed by atoms with Crippen LogP contribution >= 0.6 is 11.6 Å². The first-order valence-corrected chi connectivity index (χ1v) is 8.89. The second-order valence-electron chi connectivity index (χ2n) is 6.14. The van der Waals surface area contributed by atoms with Gasteiger partial charge in [0.05, 0.1) is 12.1 Å². The van der Waals surface area contributed by atoms with Gasteiger partial charge < -0.3 is 4.74 Å². The van der Waals surface area contributed by atoms with Gasteiger partial charge in [0, 0.05) is 5.56 Å². The molecule has 0 radical (unpaired) electrons. The number of rotatable bonds is 4. The lowest BCUT2D eigenvalue weighted by atomic mass is 9.90. The van der Waals surface area contributed by atoms with Gasteiger partial charge in [0.25, 0.3) is 0 Å². The lowest BCUT2D eigenvalue weighted by Crippen LogP contribution is -1.91. The van der Waals surface area contributed by atoms with E-state index in [1.165, 1.54) is 7.11 Å². The van der Waals surface area contributed by atoms with E-state index < -0.39 is 0 Å². The van der Waals surface area contributed by atoms with Crippen molar-refractivity contribution in [1.82, 2.24) is 0 Å². The normalized spacial score (nSPS) is 10.7. The Kier molecular flexibility index (Phi) is 4.61. The van der Waals surface area contributed by atoms with Gasteiger partial charge in [0.15, 0.2) is 5.69 Å². The molecule has 0 amide bonds. The highest BCUT2D eigenvalue weighted by molar-refractivity contribution is 6.34. The zero-order valence-corrected chi connectivity index (χ0v) is 15.4. The monoisotopic (exact) mass is 373 g/mol. The van der Waals surface area contributed by atoms with Crippen LogP contribution in [0, 0.1) is 4.91 Å². The molecule has 4 rings (SSSR count). The van der Waals surface area contributed by atoms with Crippen molar-refractivity contribution in [1.29, 1.82) is 0 Å². The first-order chi connectivity index (χ1) is 13.2. The maximum Gasteiger partial charge on any atom is 0.159 e. The number of fused-ring (bicyclic) bond motifs is 1. The minimum atomic E-state index is 0.206. The van der Waals surface area contributed by atoms with E-state index in [0.29, 0.717) is 16.3 Å². The average Bonchev–Trinajstić information content (AvgIpc) is 2.73. The van der Waals surface area contributed by atoms with Gasteiger partial charge in [-0.25, -0.2) is 0 Å². The number of nitrogens with zero attached hydrogens (tertiary/aromatic N) is 1. The van der Waals surface area contributed by atoms with E-state index >= 15 is 0 Å². The molecule has 0 aliphatic carbocycles. The lowest BCUT2D eigenvalue weighted by Gasteiger charge is -2.16. The van der Waals surface area contributed by atoms with Crippen LogP contribution < -0.4 is 4.74 Å². The van der Waals surface area contributed by atoms with Gasteiger partial charge in [0.2, 0.25) is 0 Å². The van der Waals surface area contributed by atoms with E-state index in [0.717, 1.165) is 27.5 Å². The van der Waals surface area contributed by atoms with Crippen LogP contribution in [0.1, 0.15) is 0 Å². The topological polar surface area (TPSA) is 38.7 Å². The minimum Gasteiger partial charge on any atom is -0.494 e. The van der Waals surface area contributed by atoms with E-state index in [9.17, 15) is 4.91 Å². The quantitative estimate of drug-likeness (QED) is 0.354. The molecule has 0 saturated carbocycles. The van der Waals surface area contributed by atoms with Crippen molar-refractivity contribution in [3.8, 4) is 28.0 Å². The second-order valence-corrected chi connectivity index (χ2v) is 6.54. The Morgan fingerprint density at radius 2 is 1.44 bits per heavy atom. The van der Waals surface area contributed by atoms with Gasteiger partial charge >= 0.3 is 0 Å². The Bertz CT molecular complexity index is 1150. The molecule has 0 aromatic heterocycles. The fourth-order valence-corrected chi connectivity index (χ4v) is 3.71. The molecule has 0 bridgehead atoms. The van der Waals surface area contributed by atoms with Crippen molar-refractivity contribution in [3.63, 3.8) is 0 Å². The number of hydrogen-bond acceptors (Lipinski definition) is 3. The van der Waals surface area contributed by atoms with Crippen LogP contribution in [0.3, 0.4) is 0 Å². The Balaban J connectivity index is 2.06. The molecular weight excluding hydrogens is 358 g/mol. The number of hydrogen-bond donors (Lipinski definition) is 0. The van der Waals surface area contributed by atoms with Crippen molar-refractivity contribution in [3.05, 3.63) is 88.8 Å². The number of nitroso groups, excluding NO2 is 1. The van der Waals surface area contributed by atoms with Gasteiger partial charge in [-0.2, -0.15) is 0 Å². The molecule has 27 heavy (non-hydrogen) atoms. The van der Waals surface area contributed by atoms with Crippen LogP contribution in [0.25, 0.3) is 33.0 Å². The summed E-state index contributed by atoms with van der Waals surface area (Å²) in [6.07, 6.45) is 0. The largest absolute Gasteiger partial charge is 0.494 e. The van der Waals surface area contributed by atoms with E-state index in [4.69, 9.17) is 16.3 Å². The maximum atomic E-state index is 11.6. The van der Waals surface area contributed by atoms with Crippen molar-refractivity contribution in [2.75, 3.05) is 7.11 Å². The molecule has 132 valence electrons. The average molecular weight is 374 g/mol. The highest BCUT2D eigenvalue weighted by Crippen LogP contribution is 2.46. The summed E-state index contributed by atoms with van der Waals surface area (Å²) in [5.74, 6) is 0.400. The third kappa shape index (κ3) is 2.96. The van der Waals surface area contributed by atoms with Gasteiger partial charge in [-0.1, -0.05) is 78.3 Å². The predicted molar refractivity (Wildman–Crippen MR) is 112 cm³/mol. The number of ether oxygens (including phenoxy) is 1. The fourth-order valence-electron chi connectivity index (χ4n) is 3.46. The highest BCUT2D eigenvalue weighted by Gasteiger charge is 2.19. The third-order valence-electron chi connectivity index (χ3n) is 4.68. The molecule has 0 saturated heterocycles. The zero-order valence-electron chi connectivity index (χ0n) is 14.6. The molecule has 0 spiro atoms. The first-order valence-electron chi connectivity index (χ1n) is 8.52. The third-order valence-corrected chi connectivity index (χ3v) is 4.99. The number of methoxy groups -OCH3 is 1. The molecule has 0 N–H and O–H groups in total. The highest BCUT2D eigenvalue weighted by atomic mass is 35.5. The molecule has 4 aromatic carbocycles. The molecule has 0 heterocycles. The van der Waals surface area contributed by atoms with E-state index in [1.807, 2.05) is 42.5 Å². The summed E-state index contributed by atoms with van der Waals surface area (Å²) in [7, 11) is 1.51. The molecule has 0 unspecified atom stereocenters. The molecule has 0 atom stereocenters. The molecule has 0 aliphatic rings. The Morgan fingerprint density at radius 3 is 2.22 bits per heavy atom. The summed E-state index contributed by atoms with van der Waals surface area (Å²) in [6, 6.07) is 25.7. The SMILES string of the molecule is COc1ccc(Cl)c(-c2ccccc2-c2cccc3ccccc23)c1N=O. The van der Waals surface area contributed by atoms with Crippen molar-refractivity contribution < 1.29 is 4.74 Å². The molecule has 4 heteroatoms. The van der Waals surface area contributed by atoms with Crippen molar-refractivity contribution >= 4 is 28.1 Å². The Hall–Kier alpha value is -3.17. The van der Waals surface area contributed by atoms with Gasteiger partial charge in [-0.3, -0.25) is 0 Å². The molecule has 0 fully saturated rings. The van der Waals surface area contributed by atoms with Crippen LogP contribution in [0.4, 0.5) is 5.69 Å². The lowest BCUT2D eigenvalue weighted by molar-refractivity contribution is 0.416. The minimum absolute atomic E-state index is 0.206. The summed E-state index contributed by atoms with van der Waals surface area (Å²) in [5.41, 5.74) is 3.67. The smallest absolute Gasteiger partial charge is 0.159 e. The van der Waals surface area contributed by atoms with Crippen molar-refractivity contribution in [2.45, 2.75) is 0 Å². The van der Waals surface area contributed by atoms with Crippen LogP contribution in [-0.4, -0.2) is 7.11 Å². The van der Waals surface area contributed by atoms with E-state index in [-0.39, 0.29) is 5.69 Å². The summed E-state index contributed by atoms with van der Waals surface area (Å²) < 4.78 is 5.32. The molecular formula is C23H16ClNO2.